The Kier molecular flexibility index (Phi) is 6.69. The minimum absolute atomic E-state index is 0.180. The highest BCUT2D eigenvalue weighted by atomic mass is 79.9. The van der Waals surface area contributed by atoms with Crippen LogP contribution in [0.5, 0.6) is 0 Å². The highest BCUT2D eigenvalue weighted by Gasteiger charge is 2.33. The molecule has 4 aromatic rings. The Bertz CT molecular complexity index is 1420. The summed E-state index contributed by atoms with van der Waals surface area (Å²) >= 11 is 3.46. The molecule has 0 spiro atoms. The molecule has 2 heterocycles. The molecule has 1 aromatic heterocycles. The molecule has 1 aliphatic heterocycles. The minimum atomic E-state index is -1.26. The third kappa shape index (κ3) is 4.94. The lowest BCUT2D eigenvalue weighted by Crippen LogP contribution is -2.40. The van der Waals surface area contributed by atoms with Crippen LogP contribution in [0.25, 0.3) is 22.6 Å². The summed E-state index contributed by atoms with van der Waals surface area (Å²) in [5.41, 5.74) is 8.20. The van der Waals surface area contributed by atoms with Crippen LogP contribution < -0.4 is 10.5 Å². The highest BCUT2D eigenvalue weighted by Crippen LogP contribution is 2.37. The zero-order chi connectivity index (χ0) is 25.1. The number of benzene rings is 3. The number of hydrazine groups is 1. The van der Waals surface area contributed by atoms with Gasteiger partial charge in [-0.1, -0.05) is 76.6 Å². The van der Waals surface area contributed by atoms with E-state index in [0.29, 0.717) is 0 Å². The first kappa shape index (κ1) is 23.6. The number of amides is 1. The zero-order valence-electron chi connectivity index (χ0n) is 19.2. The third-order valence-electron chi connectivity index (χ3n) is 5.94. The molecule has 0 saturated heterocycles. The Hall–Kier alpha value is -4.17. The average Bonchev–Trinajstić information content (AvgIpc) is 3.54. The van der Waals surface area contributed by atoms with Gasteiger partial charge in [-0.25, -0.2) is 9.69 Å². The van der Waals surface area contributed by atoms with Gasteiger partial charge in [-0.3, -0.25) is 10.2 Å². The van der Waals surface area contributed by atoms with Gasteiger partial charge in [0.1, 0.15) is 6.04 Å². The molecular weight excluding hydrogens is 520 g/mol. The summed E-state index contributed by atoms with van der Waals surface area (Å²) in [4.78, 5) is 24.2. The van der Waals surface area contributed by atoms with Gasteiger partial charge in [-0.05, 0) is 42.3 Å². The number of carboxylic acids is 1. The molecule has 1 aliphatic rings. The standard InChI is InChI=1S/C28H23BrN4O3/c29-21-13-11-19(12-14-21)24-17-25(33(30-24)26(34)15-16-27(35)36)23-18-32(22-9-5-2-6-10-22)31-28(23)20-7-3-1-4-8-20/h1-14,17-18,25,30H,15-16H2,(H,35,36)/p-1. The maximum atomic E-state index is 13.2. The first-order valence-corrected chi connectivity index (χ1v) is 12.3. The molecule has 5 rings (SSSR count). The molecule has 1 atom stereocenters. The van der Waals surface area contributed by atoms with E-state index in [2.05, 4.69) is 21.4 Å². The quantitative estimate of drug-likeness (QED) is 0.377. The predicted octanol–water partition coefficient (Wildman–Crippen LogP) is 4.26. The van der Waals surface area contributed by atoms with Gasteiger partial charge in [0.25, 0.3) is 0 Å². The van der Waals surface area contributed by atoms with E-state index in [1.165, 1.54) is 5.01 Å². The van der Waals surface area contributed by atoms with Crippen molar-refractivity contribution >= 4 is 33.5 Å². The Balaban J connectivity index is 1.62. The summed E-state index contributed by atoms with van der Waals surface area (Å²) in [6, 6.07) is 26.8. The largest absolute Gasteiger partial charge is 0.550 e. The van der Waals surface area contributed by atoms with E-state index in [-0.39, 0.29) is 18.7 Å². The Morgan fingerprint density at radius 3 is 2.22 bits per heavy atom. The summed E-state index contributed by atoms with van der Waals surface area (Å²) in [6.45, 7) is 0. The molecule has 180 valence electrons. The topological polar surface area (TPSA) is 90.3 Å². The number of hydrogen-bond donors (Lipinski definition) is 1. The smallest absolute Gasteiger partial charge is 0.242 e. The number of hydrogen-bond acceptors (Lipinski definition) is 5. The summed E-state index contributed by atoms with van der Waals surface area (Å²) in [5, 5.41) is 17.4. The van der Waals surface area contributed by atoms with E-state index in [1.807, 2.05) is 97.2 Å². The number of nitrogens with zero attached hydrogens (tertiary/aromatic N) is 3. The second kappa shape index (κ2) is 10.2. The Morgan fingerprint density at radius 1 is 0.889 bits per heavy atom. The van der Waals surface area contributed by atoms with Crippen LogP contribution in [-0.2, 0) is 9.59 Å². The zero-order valence-corrected chi connectivity index (χ0v) is 20.8. The molecule has 0 radical (unpaired) electrons. The fourth-order valence-electron chi connectivity index (χ4n) is 4.17. The van der Waals surface area contributed by atoms with Gasteiger partial charge < -0.3 is 9.90 Å². The van der Waals surface area contributed by atoms with E-state index in [1.54, 1.807) is 4.68 Å². The number of rotatable bonds is 7. The van der Waals surface area contributed by atoms with E-state index in [4.69, 9.17) is 5.10 Å². The molecule has 1 N–H and O–H groups in total. The van der Waals surface area contributed by atoms with Crippen molar-refractivity contribution in [3.8, 4) is 16.9 Å². The van der Waals surface area contributed by atoms with Gasteiger partial charge in [0, 0.05) is 34.2 Å². The van der Waals surface area contributed by atoms with Crippen LogP contribution in [0.3, 0.4) is 0 Å². The fourth-order valence-corrected chi connectivity index (χ4v) is 4.44. The van der Waals surface area contributed by atoms with Gasteiger partial charge in [-0.15, -0.1) is 0 Å². The summed E-state index contributed by atoms with van der Waals surface area (Å²) in [5.74, 6) is -1.61. The van der Waals surface area contributed by atoms with Gasteiger partial charge in [-0.2, -0.15) is 5.10 Å². The number of carboxylic acid groups (broad SMARTS) is 1. The molecule has 0 aliphatic carbocycles. The highest BCUT2D eigenvalue weighted by molar-refractivity contribution is 9.10. The second-order valence-corrected chi connectivity index (χ2v) is 9.27. The van der Waals surface area contributed by atoms with E-state index >= 15 is 0 Å². The Morgan fingerprint density at radius 2 is 1.56 bits per heavy atom. The van der Waals surface area contributed by atoms with Crippen molar-refractivity contribution in [2.75, 3.05) is 0 Å². The van der Waals surface area contributed by atoms with Gasteiger partial charge >= 0.3 is 0 Å². The second-order valence-electron chi connectivity index (χ2n) is 8.36. The maximum Gasteiger partial charge on any atom is 0.242 e. The molecule has 0 bridgehead atoms. The number of aromatic nitrogens is 2. The third-order valence-corrected chi connectivity index (χ3v) is 6.47. The molecule has 3 aromatic carbocycles. The van der Waals surface area contributed by atoms with Crippen LogP contribution in [-0.4, -0.2) is 26.7 Å². The monoisotopic (exact) mass is 541 g/mol. The van der Waals surface area contributed by atoms with Crippen molar-refractivity contribution < 1.29 is 14.7 Å². The predicted molar refractivity (Wildman–Crippen MR) is 138 cm³/mol. The number of carbonyl (C=O) groups excluding carboxylic acids is 2. The van der Waals surface area contributed by atoms with Crippen molar-refractivity contribution in [2.45, 2.75) is 18.9 Å². The van der Waals surface area contributed by atoms with Crippen molar-refractivity contribution in [3.05, 3.63) is 113 Å². The van der Waals surface area contributed by atoms with Crippen LogP contribution in [0.2, 0.25) is 0 Å². The van der Waals surface area contributed by atoms with Crippen molar-refractivity contribution in [3.63, 3.8) is 0 Å². The number of carbonyl (C=O) groups is 2. The Labute approximate surface area is 216 Å². The lowest BCUT2D eigenvalue weighted by molar-refractivity contribution is -0.305. The lowest BCUT2D eigenvalue weighted by atomic mass is 10.0. The molecule has 7 nitrogen and oxygen atoms in total. The number of nitrogens with one attached hydrogen (secondary N) is 1. The van der Waals surface area contributed by atoms with Crippen molar-refractivity contribution in [1.29, 1.82) is 0 Å². The van der Waals surface area contributed by atoms with Crippen LogP contribution in [0.15, 0.2) is 102 Å². The summed E-state index contributed by atoms with van der Waals surface area (Å²) < 4.78 is 2.74. The number of aliphatic carboxylic acids is 1. The molecule has 0 saturated carbocycles. The van der Waals surface area contributed by atoms with Crippen LogP contribution in [0.1, 0.15) is 30.0 Å². The van der Waals surface area contributed by atoms with Crippen molar-refractivity contribution in [1.82, 2.24) is 20.2 Å². The lowest BCUT2D eigenvalue weighted by Gasteiger charge is -2.25. The van der Waals surface area contributed by atoms with E-state index in [9.17, 15) is 14.7 Å². The van der Waals surface area contributed by atoms with Crippen LogP contribution in [0.4, 0.5) is 0 Å². The molecular formula is C28H22BrN4O3-. The molecule has 36 heavy (non-hydrogen) atoms. The maximum absolute atomic E-state index is 13.2. The minimum Gasteiger partial charge on any atom is -0.550 e. The normalized spacial score (nSPS) is 14.9. The van der Waals surface area contributed by atoms with E-state index in [0.717, 1.165) is 38.2 Å². The van der Waals surface area contributed by atoms with Gasteiger partial charge in [0.15, 0.2) is 0 Å². The number of halogens is 1. The molecule has 1 unspecified atom stereocenters. The molecule has 8 heteroatoms. The fraction of sp³-hybridized carbons (Fsp3) is 0.107. The van der Waals surface area contributed by atoms with Gasteiger partial charge in [0.05, 0.1) is 17.1 Å². The van der Waals surface area contributed by atoms with Gasteiger partial charge in [0.2, 0.25) is 5.91 Å². The average molecular weight is 542 g/mol. The van der Waals surface area contributed by atoms with E-state index < -0.39 is 12.0 Å². The SMILES string of the molecule is O=C([O-])CCC(=O)N1NC(c2ccc(Br)cc2)=CC1c1cn(-c2ccccc2)nc1-c1ccccc1. The molecule has 0 fully saturated rings. The van der Waals surface area contributed by atoms with Crippen LogP contribution in [0, 0.1) is 0 Å². The first-order valence-electron chi connectivity index (χ1n) is 11.5. The van der Waals surface area contributed by atoms with Crippen LogP contribution >= 0.6 is 15.9 Å². The van der Waals surface area contributed by atoms with Crippen molar-refractivity contribution in [2.24, 2.45) is 0 Å². The molecule has 1 amide bonds. The number of para-hydroxylation sites is 1. The summed E-state index contributed by atoms with van der Waals surface area (Å²) in [7, 11) is 0. The first-order chi connectivity index (χ1) is 17.5. The summed E-state index contributed by atoms with van der Waals surface area (Å²) in [6.07, 6.45) is 3.36.